The van der Waals surface area contributed by atoms with Gasteiger partial charge in [-0.3, -0.25) is 4.79 Å². The normalized spacial score (nSPS) is 26.3. The zero-order valence-corrected chi connectivity index (χ0v) is 7.83. The largest absolute Gasteiger partial charge is 0.465 e. The van der Waals surface area contributed by atoms with E-state index in [1.54, 1.807) is 24.3 Å². The van der Waals surface area contributed by atoms with Gasteiger partial charge in [0.2, 0.25) is 0 Å². The van der Waals surface area contributed by atoms with Gasteiger partial charge in [-0.1, -0.05) is 6.08 Å². The second kappa shape index (κ2) is 3.84. The summed E-state index contributed by atoms with van der Waals surface area (Å²) in [7, 11) is 0. The zero-order valence-electron chi connectivity index (χ0n) is 7.83. The van der Waals surface area contributed by atoms with Gasteiger partial charge < -0.3 is 14.6 Å². The van der Waals surface area contributed by atoms with Crippen molar-refractivity contribution in [3.05, 3.63) is 41.9 Å². The molecule has 15 heavy (non-hydrogen) atoms. The lowest BCUT2D eigenvalue weighted by Gasteiger charge is -2.07. The molecule has 0 fully saturated rings. The monoisotopic (exact) mass is 206 g/mol. The van der Waals surface area contributed by atoms with Crippen LogP contribution in [0.3, 0.4) is 0 Å². The minimum atomic E-state index is -1.33. The molecule has 1 aromatic rings. The molecule has 2 rings (SSSR count). The van der Waals surface area contributed by atoms with Crippen LogP contribution in [0.25, 0.3) is 6.08 Å². The first-order valence-electron chi connectivity index (χ1n) is 4.51. The highest BCUT2D eigenvalue weighted by atomic mass is 16.3. The molecule has 1 heterocycles. The van der Waals surface area contributed by atoms with Crippen molar-refractivity contribution in [3.8, 4) is 0 Å². The maximum absolute atomic E-state index is 11.0. The Morgan fingerprint density at radius 3 is 2.60 bits per heavy atom. The van der Waals surface area contributed by atoms with Crippen molar-refractivity contribution in [1.82, 2.24) is 0 Å². The van der Waals surface area contributed by atoms with Crippen molar-refractivity contribution in [2.45, 2.75) is 12.2 Å². The first-order chi connectivity index (χ1) is 7.18. The molecule has 0 aromatic carbocycles. The van der Waals surface area contributed by atoms with E-state index in [0.29, 0.717) is 11.3 Å². The summed E-state index contributed by atoms with van der Waals surface area (Å²) in [6.45, 7) is 0. The Bertz CT molecular complexity index is 414. The Morgan fingerprint density at radius 2 is 2.07 bits per heavy atom. The van der Waals surface area contributed by atoms with Gasteiger partial charge in [-0.2, -0.15) is 0 Å². The second-order valence-corrected chi connectivity index (χ2v) is 3.29. The van der Waals surface area contributed by atoms with E-state index < -0.39 is 18.0 Å². The van der Waals surface area contributed by atoms with E-state index >= 15 is 0 Å². The van der Waals surface area contributed by atoms with Crippen LogP contribution in [0, 0.1) is 0 Å². The van der Waals surface area contributed by atoms with Crippen molar-refractivity contribution >= 4 is 11.9 Å². The van der Waals surface area contributed by atoms with Crippen LogP contribution in [0.5, 0.6) is 0 Å². The Morgan fingerprint density at radius 1 is 1.27 bits per heavy atom. The van der Waals surface area contributed by atoms with Crippen molar-refractivity contribution in [3.63, 3.8) is 0 Å². The lowest BCUT2D eigenvalue weighted by atomic mass is 10.1. The Balaban J connectivity index is 2.14. The van der Waals surface area contributed by atoms with E-state index in [1.165, 1.54) is 12.3 Å². The van der Waals surface area contributed by atoms with Gasteiger partial charge in [0.05, 0.1) is 6.26 Å². The molecule has 0 spiro atoms. The topological polar surface area (TPSA) is 70.7 Å². The van der Waals surface area contributed by atoms with E-state index in [-0.39, 0.29) is 0 Å². The highest BCUT2D eigenvalue weighted by molar-refractivity contribution is 5.98. The van der Waals surface area contributed by atoms with Gasteiger partial charge in [0.25, 0.3) is 0 Å². The average molecular weight is 206 g/mol. The molecule has 2 N–H and O–H groups in total. The van der Waals surface area contributed by atoms with Crippen LogP contribution < -0.4 is 0 Å². The molecule has 4 heteroatoms. The number of aliphatic hydroxyl groups is 2. The minimum Gasteiger partial charge on any atom is -0.465 e. The Labute approximate surface area is 86.1 Å². The maximum Gasteiger partial charge on any atom is 0.187 e. The minimum absolute atomic E-state index is 0.393. The summed E-state index contributed by atoms with van der Waals surface area (Å²) in [5.74, 6) is 0.151. The maximum atomic E-state index is 11.0. The zero-order chi connectivity index (χ0) is 10.8. The fourth-order valence-electron chi connectivity index (χ4n) is 1.38. The molecule has 1 aliphatic rings. The van der Waals surface area contributed by atoms with Crippen LogP contribution >= 0.6 is 0 Å². The number of ketones is 1. The van der Waals surface area contributed by atoms with Gasteiger partial charge in [-0.25, -0.2) is 0 Å². The molecule has 0 saturated heterocycles. The smallest absolute Gasteiger partial charge is 0.187 e. The summed E-state index contributed by atoms with van der Waals surface area (Å²) in [6, 6.07) is 3.48. The summed E-state index contributed by atoms with van der Waals surface area (Å²) >= 11 is 0. The first kappa shape index (κ1) is 9.89. The predicted molar refractivity (Wildman–Crippen MR) is 52.8 cm³/mol. The van der Waals surface area contributed by atoms with Crippen molar-refractivity contribution in [2.24, 2.45) is 0 Å². The van der Waals surface area contributed by atoms with E-state index in [0.717, 1.165) is 0 Å². The molecule has 2 atom stereocenters. The lowest BCUT2D eigenvalue weighted by molar-refractivity contribution is -0.124. The summed E-state index contributed by atoms with van der Waals surface area (Å²) in [4.78, 5) is 11.0. The molecule has 0 unspecified atom stereocenters. The standard InChI is InChI=1S/C11H10O4/c12-9-6-7(10(13)11(9)14)3-4-8-2-1-5-15-8/h1-6,10-11,13-14H/b4-3+/t10-,11-/m0/s1. The van der Waals surface area contributed by atoms with Crippen LogP contribution in [0.15, 0.2) is 40.5 Å². The van der Waals surface area contributed by atoms with Crippen LogP contribution in [0.4, 0.5) is 0 Å². The summed E-state index contributed by atoms with van der Waals surface area (Å²) in [5.41, 5.74) is 0.393. The number of rotatable bonds is 2. The predicted octanol–water partition coefficient (Wildman–Crippen LogP) is 0.524. The third kappa shape index (κ3) is 1.91. The van der Waals surface area contributed by atoms with Crippen LogP contribution in [0.2, 0.25) is 0 Å². The number of hydrogen-bond acceptors (Lipinski definition) is 4. The molecular formula is C11H10O4. The highest BCUT2D eigenvalue weighted by Gasteiger charge is 2.31. The van der Waals surface area contributed by atoms with Gasteiger partial charge in [0.15, 0.2) is 5.78 Å². The van der Waals surface area contributed by atoms with E-state index in [1.807, 2.05) is 0 Å². The molecule has 78 valence electrons. The second-order valence-electron chi connectivity index (χ2n) is 3.29. The van der Waals surface area contributed by atoms with Crippen LogP contribution in [-0.4, -0.2) is 28.2 Å². The van der Waals surface area contributed by atoms with Crippen molar-refractivity contribution < 1.29 is 19.4 Å². The molecule has 1 aliphatic carbocycles. The molecule has 0 radical (unpaired) electrons. The van der Waals surface area contributed by atoms with Crippen LogP contribution in [-0.2, 0) is 4.79 Å². The number of aliphatic hydroxyl groups excluding tert-OH is 2. The highest BCUT2D eigenvalue weighted by Crippen LogP contribution is 2.19. The van der Waals surface area contributed by atoms with Crippen LogP contribution in [0.1, 0.15) is 5.76 Å². The third-order valence-electron chi connectivity index (χ3n) is 2.22. The van der Waals surface area contributed by atoms with Gasteiger partial charge in [-0.15, -0.1) is 0 Å². The lowest BCUT2D eigenvalue weighted by Crippen LogP contribution is -2.27. The SMILES string of the molecule is O=C1C=C(/C=C/c2ccco2)[C@H](O)[C@H]1O. The fraction of sp³-hybridized carbons (Fsp3) is 0.182. The molecule has 0 saturated carbocycles. The van der Waals surface area contributed by atoms with E-state index in [9.17, 15) is 15.0 Å². The summed E-state index contributed by atoms with van der Waals surface area (Å²) < 4.78 is 5.04. The van der Waals surface area contributed by atoms with E-state index in [2.05, 4.69) is 0 Å². The van der Waals surface area contributed by atoms with Gasteiger partial charge in [0, 0.05) is 0 Å². The summed E-state index contributed by atoms with van der Waals surface area (Å²) in [6.07, 6.45) is 3.47. The number of carbonyl (C=O) groups excluding carboxylic acids is 1. The molecule has 1 aromatic heterocycles. The number of furan rings is 1. The van der Waals surface area contributed by atoms with Crippen molar-refractivity contribution in [1.29, 1.82) is 0 Å². The van der Waals surface area contributed by atoms with Gasteiger partial charge >= 0.3 is 0 Å². The van der Waals surface area contributed by atoms with E-state index in [4.69, 9.17) is 4.42 Å². The number of carbonyl (C=O) groups is 1. The van der Waals surface area contributed by atoms with Gasteiger partial charge in [-0.05, 0) is 29.9 Å². The Kier molecular flexibility index (Phi) is 2.53. The van der Waals surface area contributed by atoms with Crippen molar-refractivity contribution in [2.75, 3.05) is 0 Å². The molecule has 0 amide bonds. The third-order valence-corrected chi connectivity index (χ3v) is 2.22. The number of hydrogen-bond donors (Lipinski definition) is 2. The molecule has 0 aliphatic heterocycles. The first-order valence-corrected chi connectivity index (χ1v) is 4.51. The molecule has 4 nitrogen and oxygen atoms in total. The molecular weight excluding hydrogens is 196 g/mol. The molecule has 0 bridgehead atoms. The fourth-order valence-corrected chi connectivity index (χ4v) is 1.38. The Hall–Kier alpha value is -1.65. The van der Waals surface area contributed by atoms with Gasteiger partial charge in [0.1, 0.15) is 18.0 Å². The average Bonchev–Trinajstić information content (AvgIpc) is 2.80. The summed E-state index contributed by atoms with van der Waals surface area (Å²) in [5, 5.41) is 18.6. The quantitative estimate of drug-likeness (QED) is 0.740.